The van der Waals surface area contributed by atoms with E-state index in [4.69, 9.17) is 4.74 Å². The monoisotopic (exact) mass is 397 g/mol. The molecular formula is C18H12F5N3O2. The van der Waals surface area contributed by atoms with Crippen LogP contribution in [0, 0.1) is 18.6 Å². The van der Waals surface area contributed by atoms with E-state index >= 15 is 0 Å². The first kappa shape index (κ1) is 19.5. The summed E-state index contributed by atoms with van der Waals surface area (Å²) in [7, 11) is 0. The first-order valence-corrected chi connectivity index (χ1v) is 7.86. The van der Waals surface area contributed by atoms with Crippen LogP contribution in [0.15, 0.2) is 42.7 Å². The first-order valence-electron chi connectivity index (χ1n) is 7.86. The summed E-state index contributed by atoms with van der Waals surface area (Å²) in [6, 6.07) is 5.44. The molecular weight excluding hydrogens is 385 g/mol. The summed E-state index contributed by atoms with van der Waals surface area (Å²) < 4.78 is 70.8. The van der Waals surface area contributed by atoms with E-state index < -0.39 is 36.0 Å². The third-order valence-electron chi connectivity index (χ3n) is 3.91. The van der Waals surface area contributed by atoms with Gasteiger partial charge in [-0.1, -0.05) is 12.1 Å². The zero-order valence-electron chi connectivity index (χ0n) is 14.3. The lowest BCUT2D eigenvalue weighted by atomic mass is 10.2. The number of alkyl halides is 3. The Kier molecular flexibility index (Phi) is 5.12. The number of esters is 1. The van der Waals surface area contributed by atoms with Crippen molar-refractivity contribution in [3.63, 3.8) is 0 Å². The molecule has 146 valence electrons. The molecule has 0 saturated heterocycles. The average molecular weight is 397 g/mol. The molecule has 0 saturated carbocycles. The summed E-state index contributed by atoms with van der Waals surface area (Å²) in [5.41, 5.74) is -0.781. The van der Waals surface area contributed by atoms with Gasteiger partial charge in [-0.25, -0.2) is 23.2 Å². The summed E-state index contributed by atoms with van der Waals surface area (Å²) in [6.45, 7) is 0.997. The van der Waals surface area contributed by atoms with Crippen LogP contribution in [0.3, 0.4) is 0 Å². The minimum absolute atomic E-state index is 0.0125. The molecule has 0 fully saturated rings. The van der Waals surface area contributed by atoms with E-state index in [1.165, 1.54) is 23.7 Å². The smallest absolute Gasteiger partial charge is 0.417 e. The second kappa shape index (κ2) is 7.37. The van der Waals surface area contributed by atoms with Crippen molar-refractivity contribution >= 4 is 5.97 Å². The fourth-order valence-corrected chi connectivity index (χ4v) is 2.40. The van der Waals surface area contributed by atoms with Crippen LogP contribution in [0.1, 0.15) is 27.2 Å². The van der Waals surface area contributed by atoms with Crippen molar-refractivity contribution in [2.24, 2.45) is 0 Å². The van der Waals surface area contributed by atoms with Crippen molar-refractivity contribution in [1.29, 1.82) is 0 Å². The molecule has 10 heteroatoms. The molecule has 1 aromatic carbocycles. The van der Waals surface area contributed by atoms with Gasteiger partial charge in [-0.05, 0) is 25.1 Å². The van der Waals surface area contributed by atoms with E-state index in [1.54, 1.807) is 0 Å². The van der Waals surface area contributed by atoms with Gasteiger partial charge in [-0.3, -0.25) is 0 Å². The van der Waals surface area contributed by atoms with Gasteiger partial charge in [-0.15, -0.1) is 0 Å². The lowest BCUT2D eigenvalue weighted by Gasteiger charge is -2.08. The zero-order chi connectivity index (χ0) is 20.5. The Labute approximate surface area is 155 Å². The minimum Gasteiger partial charge on any atom is -0.457 e. The van der Waals surface area contributed by atoms with Crippen molar-refractivity contribution in [2.45, 2.75) is 19.7 Å². The number of hydrogen-bond acceptors (Lipinski definition) is 4. The molecule has 2 aromatic heterocycles. The number of carbonyl (C=O) groups is 1. The Hall–Kier alpha value is -3.30. The number of nitrogens with zero attached hydrogens (tertiary/aromatic N) is 3. The number of carbonyl (C=O) groups excluding carboxylic acids is 1. The molecule has 0 spiro atoms. The van der Waals surface area contributed by atoms with Crippen LogP contribution in [0.4, 0.5) is 22.0 Å². The molecule has 3 rings (SSSR count). The fourth-order valence-electron chi connectivity index (χ4n) is 2.40. The highest BCUT2D eigenvalue weighted by Crippen LogP contribution is 2.29. The number of hydrogen-bond donors (Lipinski definition) is 0. The number of halogens is 5. The van der Waals surface area contributed by atoms with Gasteiger partial charge in [0.25, 0.3) is 0 Å². The highest BCUT2D eigenvalue weighted by Gasteiger charge is 2.31. The molecule has 0 atom stereocenters. The Morgan fingerprint density at radius 1 is 1.14 bits per heavy atom. The third-order valence-corrected chi connectivity index (χ3v) is 3.91. The standard InChI is InChI=1S/C18H12F5N3O2/c1-10-13(17(27)28-9-11-3-2-4-14(19)16(11)20)8-25-26(10)15-6-5-12(7-24-15)18(21,22)23/h2-8H,9H2,1H3. The lowest BCUT2D eigenvalue weighted by Crippen LogP contribution is -2.10. The van der Waals surface area contributed by atoms with Gasteiger partial charge in [0.05, 0.1) is 17.5 Å². The Bertz CT molecular complexity index is 1010. The van der Waals surface area contributed by atoms with Crippen LogP contribution >= 0.6 is 0 Å². The van der Waals surface area contributed by atoms with Crippen molar-refractivity contribution < 1.29 is 31.5 Å². The van der Waals surface area contributed by atoms with Gasteiger partial charge in [-0.2, -0.15) is 18.3 Å². The minimum atomic E-state index is -4.52. The second-order valence-electron chi connectivity index (χ2n) is 5.75. The van der Waals surface area contributed by atoms with Gasteiger partial charge in [0.2, 0.25) is 0 Å². The summed E-state index contributed by atoms with van der Waals surface area (Å²) in [4.78, 5) is 15.9. The van der Waals surface area contributed by atoms with E-state index in [2.05, 4.69) is 10.1 Å². The van der Waals surface area contributed by atoms with Gasteiger partial charge >= 0.3 is 12.1 Å². The topological polar surface area (TPSA) is 57.0 Å². The van der Waals surface area contributed by atoms with Crippen molar-refractivity contribution in [3.8, 4) is 5.82 Å². The van der Waals surface area contributed by atoms with E-state index in [0.29, 0.717) is 6.20 Å². The Morgan fingerprint density at radius 3 is 2.54 bits per heavy atom. The first-order chi connectivity index (χ1) is 13.2. The quantitative estimate of drug-likeness (QED) is 0.488. The normalized spacial score (nSPS) is 11.5. The van der Waals surface area contributed by atoms with Crippen LogP contribution in [0.5, 0.6) is 0 Å². The molecule has 0 bridgehead atoms. The number of ether oxygens (including phenoxy) is 1. The van der Waals surface area contributed by atoms with Gasteiger partial charge in [0.15, 0.2) is 17.5 Å². The number of benzene rings is 1. The van der Waals surface area contributed by atoms with Gasteiger partial charge in [0.1, 0.15) is 12.2 Å². The van der Waals surface area contributed by atoms with E-state index in [-0.39, 0.29) is 22.6 Å². The van der Waals surface area contributed by atoms with Crippen molar-refractivity contribution in [3.05, 3.63) is 76.7 Å². The average Bonchev–Trinajstić information content (AvgIpc) is 3.03. The van der Waals surface area contributed by atoms with Crippen LogP contribution in [-0.4, -0.2) is 20.7 Å². The molecule has 5 nitrogen and oxygen atoms in total. The maximum absolute atomic E-state index is 13.6. The Morgan fingerprint density at radius 2 is 1.89 bits per heavy atom. The largest absolute Gasteiger partial charge is 0.457 e. The van der Waals surface area contributed by atoms with E-state index in [0.717, 1.165) is 24.4 Å². The maximum Gasteiger partial charge on any atom is 0.417 e. The second-order valence-corrected chi connectivity index (χ2v) is 5.75. The molecule has 0 aliphatic heterocycles. The predicted molar refractivity (Wildman–Crippen MR) is 86.6 cm³/mol. The predicted octanol–water partition coefficient (Wildman–Crippen LogP) is 4.23. The highest BCUT2D eigenvalue weighted by molar-refractivity contribution is 5.90. The van der Waals surface area contributed by atoms with E-state index in [1.807, 2.05) is 0 Å². The fraction of sp³-hybridized carbons (Fsp3) is 0.167. The number of aromatic nitrogens is 3. The molecule has 28 heavy (non-hydrogen) atoms. The molecule has 0 amide bonds. The molecule has 0 unspecified atom stereocenters. The van der Waals surface area contributed by atoms with Crippen LogP contribution in [-0.2, 0) is 17.5 Å². The van der Waals surface area contributed by atoms with Crippen molar-refractivity contribution in [1.82, 2.24) is 14.8 Å². The maximum atomic E-state index is 13.6. The zero-order valence-corrected chi connectivity index (χ0v) is 14.3. The van der Waals surface area contributed by atoms with Crippen LogP contribution < -0.4 is 0 Å². The van der Waals surface area contributed by atoms with Gasteiger partial charge < -0.3 is 4.74 Å². The van der Waals surface area contributed by atoms with Crippen LogP contribution in [0.2, 0.25) is 0 Å². The van der Waals surface area contributed by atoms with E-state index in [9.17, 15) is 26.7 Å². The molecule has 0 radical (unpaired) electrons. The summed E-state index contributed by atoms with van der Waals surface area (Å²) in [6.07, 6.45) is -2.72. The summed E-state index contributed by atoms with van der Waals surface area (Å²) in [5.74, 6) is -2.96. The van der Waals surface area contributed by atoms with Crippen LogP contribution in [0.25, 0.3) is 5.82 Å². The molecule has 3 aromatic rings. The van der Waals surface area contributed by atoms with Crippen molar-refractivity contribution in [2.75, 3.05) is 0 Å². The summed E-state index contributed by atoms with van der Waals surface area (Å²) >= 11 is 0. The number of pyridine rings is 1. The molecule has 0 aliphatic rings. The molecule has 0 aliphatic carbocycles. The molecule has 0 N–H and O–H groups in total. The van der Waals surface area contributed by atoms with Gasteiger partial charge in [0, 0.05) is 11.8 Å². The Balaban J connectivity index is 1.77. The number of rotatable bonds is 4. The highest BCUT2D eigenvalue weighted by atomic mass is 19.4. The SMILES string of the molecule is Cc1c(C(=O)OCc2cccc(F)c2F)cnn1-c1ccc(C(F)(F)F)cn1. The summed E-state index contributed by atoms with van der Waals surface area (Å²) in [5, 5.41) is 3.92. The lowest BCUT2D eigenvalue weighted by molar-refractivity contribution is -0.137. The molecule has 2 heterocycles. The third kappa shape index (κ3) is 3.85.